The highest BCUT2D eigenvalue weighted by Crippen LogP contribution is 2.32. The Hall–Kier alpha value is -3.51. The van der Waals surface area contributed by atoms with Crippen LogP contribution in [0, 0.1) is 0 Å². The zero-order valence-corrected chi connectivity index (χ0v) is 20.6. The molecule has 3 heterocycles. The van der Waals surface area contributed by atoms with Crippen molar-refractivity contribution in [1.29, 1.82) is 0 Å². The lowest BCUT2D eigenvalue weighted by Gasteiger charge is -2.37. The predicted octanol–water partition coefficient (Wildman–Crippen LogP) is 5.26. The van der Waals surface area contributed by atoms with Crippen LogP contribution in [0.1, 0.15) is 30.5 Å². The molecule has 1 fully saturated rings. The van der Waals surface area contributed by atoms with E-state index < -0.39 is 0 Å². The molecular formula is C28H29ClN4O2. The van der Waals surface area contributed by atoms with Gasteiger partial charge < -0.3 is 18.9 Å². The van der Waals surface area contributed by atoms with E-state index in [0.29, 0.717) is 31.1 Å². The Morgan fingerprint density at radius 2 is 1.74 bits per heavy atom. The summed E-state index contributed by atoms with van der Waals surface area (Å²) in [6.07, 6.45) is 4.10. The Labute approximate surface area is 210 Å². The van der Waals surface area contributed by atoms with Crippen LogP contribution in [-0.4, -0.2) is 53.0 Å². The van der Waals surface area contributed by atoms with E-state index in [9.17, 15) is 4.79 Å². The maximum absolute atomic E-state index is 13.5. The molecule has 1 saturated heterocycles. The fourth-order valence-corrected chi connectivity index (χ4v) is 4.97. The normalized spacial score (nSPS) is 14.8. The Balaban J connectivity index is 1.34. The van der Waals surface area contributed by atoms with Gasteiger partial charge in [-0.25, -0.2) is 4.98 Å². The van der Waals surface area contributed by atoms with Gasteiger partial charge in [0, 0.05) is 50.9 Å². The van der Waals surface area contributed by atoms with Crippen LogP contribution in [0.2, 0.25) is 5.02 Å². The minimum Gasteiger partial charge on any atom is -0.492 e. The van der Waals surface area contributed by atoms with Gasteiger partial charge in [0.05, 0.1) is 23.0 Å². The summed E-state index contributed by atoms with van der Waals surface area (Å²) in [7, 11) is 0. The van der Waals surface area contributed by atoms with Crippen LogP contribution in [0.15, 0.2) is 79.1 Å². The van der Waals surface area contributed by atoms with Crippen molar-refractivity contribution in [2.75, 3.05) is 37.7 Å². The van der Waals surface area contributed by atoms with E-state index in [2.05, 4.69) is 28.1 Å². The van der Waals surface area contributed by atoms with Gasteiger partial charge in [0.25, 0.3) is 0 Å². The predicted molar refractivity (Wildman–Crippen MR) is 140 cm³/mol. The fourth-order valence-electron chi connectivity index (χ4n) is 4.81. The molecule has 2 aromatic heterocycles. The topological polar surface area (TPSA) is 50.1 Å². The van der Waals surface area contributed by atoms with Crippen molar-refractivity contribution in [2.24, 2.45) is 0 Å². The summed E-state index contributed by atoms with van der Waals surface area (Å²) in [5.74, 6) is 0.924. The van der Waals surface area contributed by atoms with Crippen LogP contribution in [0.5, 0.6) is 5.75 Å². The van der Waals surface area contributed by atoms with Crippen molar-refractivity contribution in [3.8, 4) is 5.75 Å². The molecule has 2 aromatic carbocycles. The van der Waals surface area contributed by atoms with Crippen LogP contribution < -0.4 is 9.64 Å². The van der Waals surface area contributed by atoms with Gasteiger partial charge in [-0.3, -0.25) is 4.79 Å². The molecule has 1 atom stereocenters. The molecule has 0 saturated carbocycles. The molecule has 6 nitrogen and oxygen atoms in total. The van der Waals surface area contributed by atoms with Crippen molar-refractivity contribution in [1.82, 2.24) is 14.3 Å². The molecule has 7 heteroatoms. The summed E-state index contributed by atoms with van der Waals surface area (Å²) in [6, 6.07) is 22.0. The summed E-state index contributed by atoms with van der Waals surface area (Å²) < 4.78 is 7.81. The van der Waals surface area contributed by atoms with Crippen molar-refractivity contribution >= 4 is 28.8 Å². The zero-order valence-electron chi connectivity index (χ0n) is 19.8. The van der Waals surface area contributed by atoms with Crippen molar-refractivity contribution in [3.05, 3.63) is 95.4 Å². The smallest absolute Gasteiger partial charge is 0.223 e. The molecule has 180 valence electrons. The second kappa shape index (κ2) is 10.4. The van der Waals surface area contributed by atoms with Crippen molar-refractivity contribution in [2.45, 2.75) is 19.3 Å². The Morgan fingerprint density at radius 1 is 1.00 bits per heavy atom. The first-order valence-electron chi connectivity index (χ1n) is 12.1. The van der Waals surface area contributed by atoms with Gasteiger partial charge in [0.2, 0.25) is 5.91 Å². The third-order valence-electron chi connectivity index (χ3n) is 6.57. The van der Waals surface area contributed by atoms with Crippen LogP contribution in [-0.2, 0) is 4.79 Å². The lowest BCUT2D eigenvalue weighted by molar-refractivity contribution is -0.131. The highest BCUT2D eigenvalue weighted by molar-refractivity contribution is 6.30. The van der Waals surface area contributed by atoms with Crippen LogP contribution in [0.25, 0.3) is 5.65 Å². The Bertz CT molecular complexity index is 1300. The average molecular weight is 489 g/mol. The molecule has 0 aliphatic carbocycles. The number of rotatable bonds is 7. The number of halogens is 1. The number of amides is 1. The molecule has 4 aromatic rings. The molecule has 35 heavy (non-hydrogen) atoms. The monoisotopic (exact) mass is 488 g/mol. The number of hydrogen-bond acceptors (Lipinski definition) is 4. The van der Waals surface area contributed by atoms with E-state index in [4.69, 9.17) is 16.3 Å². The molecule has 1 amide bonds. The molecule has 1 aliphatic rings. The molecule has 5 rings (SSSR count). The van der Waals surface area contributed by atoms with Gasteiger partial charge >= 0.3 is 0 Å². The lowest BCUT2D eigenvalue weighted by atomic mass is 9.92. The van der Waals surface area contributed by atoms with Crippen LogP contribution in [0.4, 0.5) is 5.69 Å². The number of nitrogens with zero attached hydrogens (tertiary/aromatic N) is 4. The average Bonchev–Trinajstić information content (AvgIpc) is 3.31. The minimum absolute atomic E-state index is 0.117. The van der Waals surface area contributed by atoms with E-state index in [1.807, 2.05) is 77.1 Å². The number of benzene rings is 2. The lowest BCUT2D eigenvalue weighted by Crippen LogP contribution is -2.49. The van der Waals surface area contributed by atoms with Gasteiger partial charge in [-0.2, -0.15) is 0 Å². The Kier molecular flexibility index (Phi) is 6.91. The summed E-state index contributed by atoms with van der Waals surface area (Å²) in [4.78, 5) is 22.4. The number of carbonyl (C=O) groups excluding carboxylic acids is 1. The highest BCUT2D eigenvalue weighted by Gasteiger charge is 2.27. The molecule has 0 radical (unpaired) electrons. The van der Waals surface area contributed by atoms with Gasteiger partial charge in [0.1, 0.15) is 11.4 Å². The summed E-state index contributed by atoms with van der Waals surface area (Å²) >= 11 is 6.28. The van der Waals surface area contributed by atoms with E-state index in [1.165, 1.54) is 0 Å². The number of anilines is 1. The molecule has 0 bridgehead atoms. The number of aromatic nitrogens is 2. The first-order valence-corrected chi connectivity index (χ1v) is 12.4. The van der Waals surface area contributed by atoms with Crippen LogP contribution >= 0.6 is 11.6 Å². The van der Waals surface area contributed by atoms with Gasteiger partial charge in [-0.1, -0.05) is 54.1 Å². The van der Waals surface area contributed by atoms with Crippen molar-refractivity contribution < 1.29 is 9.53 Å². The number of ether oxygens (including phenoxy) is 1. The molecule has 0 N–H and O–H groups in total. The van der Waals surface area contributed by atoms with Crippen LogP contribution in [0.3, 0.4) is 0 Å². The zero-order chi connectivity index (χ0) is 24.2. The number of piperazine rings is 1. The van der Waals surface area contributed by atoms with E-state index in [0.717, 1.165) is 41.4 Å². The van der Waals surface area contributed by atoms with E-state index in [-0.39, 0.29) is 11.8 Å². The summed E-state index contributed by atoms with van der Waals surface area (Å²) in [6.45, 7) is 5.53. The van der Waals surface area contributed by atoms with E-state index >= 15 is 0 Å². The second-order valence-electron chi connectivity index (χ2n) is 8.69. The number of fused-ring (bicyclic) bond motifs is 1. The van der Waals surface area contributed by atoms with E-state index in [1.54, 1.807) is 0 Å². The largest absolute Gasteiger partial charge is 0.492 e. The van der Waals surface area contributed by atoms with Gasteiger partial charge in [-0.05, 0) is 36.8 Å². The number of carbonyl (C=O) groups is 1. The number of imidazole rings is 1. The maximum atomic E-state index is 13.5. The SMILES string of the molecule is CCOc1ccccc1N1CCN(C(=O)CC(c2ccccc2)c2cnc3ccc(Cl)cn23)CC1. The minimum atomic E-state index is -0.117. The quantitative estimate of drug-likeness (QED) is 0.356. The first-order chi connectivity index (χ1) is 17.1. The van der Waals surface area contributed by atoms with Crippen molar-refractivity contribution in [3.63, 3.8) is 0 Å². The molecule has 1 aliphatic heterocycles. The molecule has 0 spiro atoms. The third-order valence-corrected chi connectivity index (χ3v) is 6.80. The number of hydrogen-bond donors (Lipinski definition) is 0. The maximum Gasteiger partial charge on any atom is 0.223 e. The summed E-state index contributed by atoms with van der Waals surface area (Å²) in [5, 5.41) is 0.637. The van der Waals surface area contributed by atoms with Gasteiger partial charge in [-0.15, -0.1) is 0 Å². The fraction of sp³-hybridized carbons (Fsp3) is 0.286. The summed E-state index contributed by atoms with van der Waals surface area (Å²) in [5.41, 5.74) is 3.96. The Morgan fingerprint density at radius 3 is 2.51 bits per heavy atom. The standard InChI is InChI=1S/C28H29ClN4O2/c1-2-35-26-11-7-6-10-24(26)31-14-16-32(17-15-31)28(34)18-23(21-8-4-3-5-9-21)25-19-30-27-13-12-22(29)20-33(25)27/h3-13,19-20,23H,2,14-18H2,1H3. The molecule has 1 unspecified atom stereocenters. The molecular weight excluding hydrogens is 460 g/mol. The highest BCUT2D eigenvalue weighted by atomic mass is 35.5. The number of pyridine rings is 1. The third kappa shape index (κ3) is 4.98. The first kappa shape index (κ1) is 23.2. The number of para-hydroxylation sites is 2. The van der Waals surface area contributed by atoms with Gasteiger partial charge in [0.15, 0.2) is 0 Å². The second-order valence-corrected chi connectivity index (χ2v) is 9.13.